The second-order valence-electron chi connectivity index (χ2n) is 2.84. The minimum absolute atomic E-state index is 0.416. The lowest BCUT2D eigenvalue weighted by Gasteiger charge is -2.06. The molecule has 72 valence electrons. The van der Waals surface area contributed by atoms with Crippen molar-refractivity contribution < 1.29 is 0 Å². The van der Waals surface area contributed by atoms with Crippen molar-refractivity contribution in [2.45, 2.75) is 0 Å². The number of nitrogen functional groups attached to an aromatic ring is 2. The van der Waals surface area contributed by atoms with Gasteiger partial charge >= 0.3 is 11.1 Å². The molecule has 1 heterocycles. The molecule has 0 spiro atoms. The normalized spacial score (nSPS) is 10.6. The Balaban J connectivity index is 3.19. The van der Waals surface area contributed by atoms with Gasteiger partial charge in [-0.25, -0.2) is 9.35 Å². The molecule has 2 rings (SSSR count). The quantitative estimate of drug-likeness (QED) is 0.396. The van der Waals surface area contributed by atoms with Crippen LogP contribution in [0.5, 0.6) is 0 Å². The summed E-state index contributed by atoms with van der Waals surface area (Å²) in [7, 11) is 0. The number of nitrogens with two attached hydrogens (primary N) is 2. The summed E-state index contributed by atoms with van der Waals surface area (Å²) in [6, 6.07) is 6.63. The first-order valence-electron chi connectivity index (χ1n) is 3.90. The lowest BCUT2D eigenvalue weighted by Crippen LogP contribution is -2.46. The molecule has 0 aliphatic carbocycles. The molecule has 0 amide bonds. The van der Waals surface area contributed by atoms with Gasteiger partial charge < -0.3 is 11.7 Å². The molecule has 14 heavy (non-hydrogen) atoms. The van der Waals surface area contributed by atoms with Crippen LogP contribution in [-0.2, 0) is 0 Å². The van der Waals surface area contributed by atoms with E-state index in [0.717, 1.165) is 9.35 Å². The molecule has 0 unspecified atom stereocenters. The highest BCUT2D eigenvalue weighted by Crippen LogP contribution is 2.05. The number of hydrogen-bond acceptors (Lipinski definition) is 4. The summed E-state index contributed by atoms with van der Waals surface area (Å²) in [5.74, 6) is 10.8. The van der Waals surface area contributed by atoms with E-state index >= 15 is 0 Å². The van der Waals surface area contributed by atoms with Crippen molar-refractivity contribution in [3.8, 4) is 0 Å². The van der Waals surface area contributed by atoms with Crippen molar-refractivity contribution in [3.63, 3.8) is 0 Å². The minimum atomic E-state index is -0.841. The lowest BCUT2D eigenvalue weighted by molar-refractivity contribution is 0.867. The van der Waals surface area contributed by atoms with E-state index in [-0.39, 0.29) is 0 Å². The van der Waals surface area contributed by atoms with Gasteiger partial charge in [-0.15, -0.1) is 0 Å². The average Bonchev–Trinajstić information content (AvgIpc) is 2.23. The van der Waals surface area contributed by atoms with Crippen molar-refractivity contribution in [1.82, 2.24) is 9.35 Å². The molecule has 0 atom stereocenters. The monoisotopic (exact) mass is 192 g/mol. The van der Waals surface area contributed by atoms with Crippen LogP contribution in [0.25, 0.3) is 11.0 Å². The fraction of sp³-hybridized carbons (Fsp3) is 0. The Morgan fingerprint density at radius 3 is 1.57 bits per heavy atom. The average molecular weight is 192 g/mol. The van der Waals surface area contributed by atoms with Crippen LogP contribution < -0.4 is 22.8 Å². The zero-order chi connectivity index (χ0) is 10.3. The van der Waals surface area contributed by atoms with Gasteiger partial charge in [0.05, 0.1) is 11.0 Å². The molecular formula is C8H8N4O2. The highest BCUT2D eigenvalue weighted by molar-refractivity contribution is 5.75. The molecular weight excluding hydrogens is 184 g/mol. The number of benzene rings is 1. The van der Waals surface area contributed by atoms with Gasteiger partial charge in [0, 0.05) is 0 Å². The van der Waals surface area contributed by atoms with Crippen molar-refractivity contribution >= 4 is 11.0 Å². The van der Waals surface area contributed by atoms with Gasteiger partial charge in [0.1, 0.15) is 0 Å². The van der Waals surface area contributed by atoms with E-state index in [1.54, 1.807) is 24.3 Å². The summed E-state index contributed by atoms with van der Waals surface area (Å²) in [5.41, 5.74) is -0.850. The Bertz CT molecular complexity index is 556. The van der Waals surface area contributed by atoms with Gasteiger partial charge in [0.2, 0.25) is 0 Å². The lowest BCUT2D eigenvalue weighted by atomic mass is 10.3. The van der Waals surface area contributed by atoms with Crippen LogP contribution in [0, 0.1) is 0 Å². The largest absolute Gasteiger partial charge is 0.336 e. The molecule has 6 nitrogen and oxygen atoms in total. The third-order valence-electron chi connectivity index (χ3n) is 2.02. The van der Waals surface area contributed by atoms with Gasteiger partial charge in [-0.1, -0.05) is 12.1 Å². The SMILES string of the molecule is Nn1c(=O)c(=O)n(N)c2ccccc21. The zero-order valence-electron chi connectivity index (χ0n) is 7.18. The van der Waals surface area contributed by atoms with Gasteiger partial charge in [-0.3, -0.25) is 9.59 Å². The van der Waals surface area contributed by atoms with Gasteiger partial charge in [-0.2, -0.15) is 0 Å². The molecule has 0 saturated carbocycles. The predicted molar refractivity (Wildman–Crippen MR) is 52.8 cm³/mol. The summed E-state index contributed by atoms with van der Waals surface area (Å²) in [6.07, 6.45) is 0. The van der Waals surface area contributed by atoms with Crippen LogP contribution in [0.2, 0.25) is 0 Å². The first-order valence-corrected chi connectivity index (χ1v) is 3.90. The standard InChI is InChI=1S/C8H8N4O2/c9-11-5-3-1-2-4-6(5)12(10)8(14)7(11)13/h1-4H,9-10H2. The van der Waals surface area contributed by atoms with Crippen LogP contribution in [0.4, 0.5) is 0 Å². The molecule has 0 aliphatic heterocycles. The second kappa shape index (κ2) is 2.63. The smallest absolute Gasteiger partial charge is 0.336 e. The summed E-state index contributed by atoms with van der Waals surface area (Å²) < 4.78 is 1.59. The van der Waals surface area contributed by atoms with Crippen molar-refractivity contribution in [2.24, 2.45) is 0 Å². The van der Waals surface area contributed by atoms with Crippen molar-refractivity contribution in [1.29, 1.82) is 0 Å². The van der Waals surface area contributed by atoms with Gasteiger partial charge in [-0.05, 0) is 12.1 Å². The van der Waals surface area contributed by atoms with E-state index in [9.17, 15) is 9.59 Å². The van der Waals surface area contributed by atoms with E-state index in [4.69, 9.17) is 11.7 Å². The Morgan fingerprint density at radius 2 is 1.21 bits per heavy atom. The van der Waals surface area contributed by atoms with Crippen LogP contribution in [0.1, 0.15) is 0 Å². The molecule has 0 fully saturated rings. The first kappa shape index (κ1) is 8.36. The van der Waals surface area contributed by atoms with E-state index in [1.165, 1.54) is 0 Å². The third kappa shape index (κ3) is 0.905. The number of para-hydroxylation sites is 2. The summed E-state index contributed by atoms with van der Waals surface area (Å²) in [5, 5.41) is 0. The predicted octanol–water partition coefficient (Wildman–Crippen LogP) is -1.41. The molecule has 4 N–H and O–H groups in total. The number of nitrogens with zero attached hydrogens (tertiary/aromatic N) is 2. The molecule has 1 aromatic heterocycles. The molecule has 0 saturated heterocycles. The minimum Gasteiger partial charge on any atom is -0.336 e. The maximum absolute atomic E-state index is 11.2. The van der Waals surface area contributed by atoms with E-state index < -0.39 is 11.1 Å². The van der Waals surface area contributed by atoms with Crippen LogP contribution in [-0.4, -0.2) is 9.35 Å². The Labute approximate surface area is 77.9 Å². The number of aromatic nitrogens is 2. The van der Waals surface area contributed by atoms with Crippen LogP contribution >= 0.6 is 0 Å². The topological polar surface area (TPSA) is 96.0 Å². The second-order valence-corrected chi connectivity index (χ2v) is 2.84. The molecule has 0 bridgehead atoms. The Morgan fingerprint density at radius 1 is 0.857 bits per heavy atom. The maximum atomic E-state index is 11.2. The van der Waals surface area contributed by atoms with Crippen molar-refractivity contribution in [2.75, 3.05) is 11.7 Å². The third-order valence-corrected chi connectivity index (χ3v) is 2.02. The maximum Gasteiger partial charge on any atom is 0.336 e. The summed E-state index contributed by atoms with van der Waals surface area (Å²) in [6.45, 7) is 0. The Hall–Kier alpha value is -2.24. The number of fused-ring (bicyclic) bond motifs is 1. The molecule has 2 aromatic rings. The number of hydrogen-bond donors (Lipinski definition) is 2. The molecule has 0 aliphatic rings. The highest BCUT2D eigenvalue weighted by Gasteiger charge is 2.07. The summed E-state index contributed by atoms with van der Waals surface area (Å²) in [4.78, 5) is 22.5. The van der Waals surface area contributed by atoms with E-state index in [1.807, 2.05) is 0 Å². The fourth-order valence-corrected chi connectivity index (χ4v) is 1.30. The molecule has 0 radical (unpaired) electrons. The molecule has 1 aromatic carbocycles. The van der Waals surface area contributed by atoms with Crippen molar-refractivity contribution in [3.05, 3.63) is 45.0 Å². The van der Waals surface area contributed by atoms with Gasteiger partial charge in [0.25, 0.3) is 0 Å². The van der Waals surface area contributed by atoms with Crippen LogP contribution in [0.3, 0.4) is 0 Å². The highest BCUT2D eigenvalue weighted by atomic mass is 16.2. The van der Waals surface area contributed by atoms with Crippen LogP contribution in [0.15, 0.2) is 33.9 Å². The molecule has 6 heteroatoms. The summed E-state index contributed by atoms with van der Waals surface area (Å²) >= 11 is 0. The Kier molecular flexibility index (Phi) is 1.57. The fourth-order valence-electron chi connectivity index (χ4n) is 1.30. The zero-order valence-corrected chi connectivity index (χ0v) is 7.18. The first-order chi connectivity index (χ1) is 6.63. The number of rotatable bonds is 0. The van der Waals surface area contributed by atoms with E-state index in [0.29, 0.717) is 11.0 Å². The van der Waals surface area contributed by atoms with E-state index in [2.05, 4.69) is 0 Å². The van der Waals surface area contributed by atoms with Gasteiger partial charge in [0.15, 0.2) is 0 Å².